The van der Waals surface area contributed by atoms with Crippen LogP contribution in [0.1, 0.15) is 36.8 Å². The lowest BCUT2D eigenvalue weighted by atomic mass is 9.76. The summed E-state index contributed by atoms with van der Waals surface area (Å²) in [5.41, 5.74) is 4.23. The van der Waals surface area contributed by atoms with Crippen LogP contribution in [0.3, 0.4) is 0 Å². The molecule has 0 unspecified atom stereocenters. The number of rotatable bonds is 2. The fraction of sp³-hybridized carbons (Fsp3) is 0.538. The molecule has 0 radical (unpaired) electrons. The molecule has 1 nitrogen and oxygen atoms in total. The fourth-order valence-electron chi connectivity index (χ4n) is 2.84. The van der Waals surface area contributed by atoms with Gasteiger partial charge in [0.15, 0.2) is 0 Å². The van der Waals surface area contributed by atoms with Crippen molar-refractivity contribution in [3.8, 4) is 0 Å². The van der Waals surface area contributed by atoms with Gasteiger partial charge < -0.3 is 5.73 Å². The quantitative estimate of drug-likeness (QED) is 0.808. The highest BCUT2D eigenvalue weighted by Gasteiger charge is 2.42. The predicted octanol–water partition coefficient (Wildman–Crippen LogP) is 3.62. The van der Waals surface area contributed by atoms with Crippen LogP contribution in [0.5, 0.6) is 0 Å². The van der Waals surface area contributed by atoms with Gasteiger partial charge in [-0.25, -0.2) is 4.39 Å². The summed E-state index contributed by atoms with van der Waals surface area (Å²) in [7, 11) is 0. The van der Waals surface area contributed by atoms with Crippen LogP contribution in [-0.2, 0) is 11.6 Å². The van der Waals surface area contributed by atoms with Gasteiger partial charge in [-0.05, 0) is 36.6 Å². The Morgan fingerprint density at radius 1 is 1.17 bits per heavy atom. The first-order valence-electron chi connectivity index (χ1n) is 5.96. The molecule has 1 aliphatic carbocycles. The van der Waals surface area contributed by atoms with Gasteiger partial charge in [0, 0.05) is 12.0 Å². The third-order valence-corrected chi connectivity index (χ3v) is 3.81. The van der Waals surface area contributed by atoms with E-state index in [0.717, 1.165) is 31.0 Å². The summed E-state index contributed by atoms with van der Waals surface area (Å²) < 4.78 is 52.2. The molecule has 0 saturated heterocycles. The van der Waals surface area contributed by atoms with Crippen molar-refractivity contribution in [1.29, 1.82) is 0 Å². The number of halogens is 4. The molecule has 0 amide bonds. The SMILES string of the molecule is NCC1(c2cc(F)ccc2C(F)(F)F)CCCC1. The van der Waals surface area contributed by atoms with Gasteiger partial charge in [-0.15, -0.1) is 0 Å². The molecule has 1 aliphatic rings. The van der Waals surface area contributed by atoms with Crippen LogP contribution in [0.15, 0.2) is 18.2 Å². The Kier molecular flexibility index (Phi) is 3.36. The largest absolute Gasteiger partial charge is 0.416 e. The number of hydrogen-bond acceptors (Lipinski definition) is 1. The minimum atomic E-state index is -4.46. The van der Waals surface area contributed by atoms with Gasteiger partial charge in [0.1, 0.15) is 5.82 Å². The van der Waals surface area contributed by atoms with Crippen LogP contribution in [0, 0.1) is 5.82 Å². The van der Waals surface area contributed by atoms with Crippen molar-refractivity contribution in [2.24, 2.45) is 5.73 Å². The number of alkyl halides is 3. The Balaban J connectivity index is 2.57. The van der Waals surface area contributed by atoms with Crippen LogP contribution < -0.4 is 5.73 Å². The van der Waals surface area contributed by atoms with Gasteiger partial charge in [0.05, 0.1) is 5.56 Å². The van der Waals surface area contributed by atoms with Gasteiger partial charge in [-0.2, -0.15) is 13.2 Å². The molecule has 0 aromatic heterocycles. The average Bonchev–Trinajstić information content (AvgIpc) is 2.77. The monoisotopic (exact) mass is 261 g/mol. The number of hydrogen-bond donors (Lipinski definition) is 1. The third-order valence-electron chi connectivity index (χ3n) is 3.81. The zero-order chi connectivity index (χ0) is 13.4. The summed E-state index contributed by atoms with van der Waals surface area (Å²) in [5.74, 6) is -0.641. The maximum absolute atomic E-state index is 13.3. The van der Waals surface area contributed by atoms with E-state index in [1.54, 1.807) is 0 Å². The highest BCUT2D eigenvalue weighted by Crippen LogP contribution is 2.45. The molecule has 1 fully saturated rings. The highest BCUT2D eigenvalue weighted by molar-refractivity contribution is 5.38. The van der Waals surface area contributed by atoms with E-state index in [9.17, 15) is 17.6 Å². The Morgan fingerprint density at radius 2 is 1.78 bits per heavy atom. The van der Waals surface area contributed by atoms with Crippen LogP contribution in [0.25, 0.3) is 0 Å². The lowest BCUT2D eigenvalue weighted by Crippen LogP contribution is -2.34. The zero-order valence-corrected chi connectivity index (χ0v) is 9.86. The van der Waals surface area contributed by atoms with E-state index in [1.165, 1.54) is 0 Å². The van der Waals surface area contributed by atoms with Crippen LogP contribution in [0.4, 0.5) is 17.6 Å². The molecule has 0 aliphatic heterocycles. The molecule has 0 heterocycles. The average molecular weight is 261 g/mol. The van der Waals surface area contributed by atoms with Crippen molar-refractivity contribution in [3.63, 3.8) is 0 Å². The molecule has 18 heavy (non-hydrogen) atoms. The van der Waals surface area contributed by atoms with Crippen molar-refractivity contribution in [1.82, 2.24) is 0 Å². The smallest absolute Gasteiger partial charge is 0.330 e. The normalized spacial score (nSPS) is 19.2. The number of nitrogens with two attached hydrogens (primary N) is 1. The van der Waals surface area contributed by atoms with Crippen molar-refractivity contribution in [2.75, 3.05) is 6.54 Å². The van der Waals surface area contributed by atoms with Gasteiger partial charge in [0.25, 0.3) is 0 Å². The van der Waals surface area contributed by atoms with E-state index in [4.69, 9.17) is 5.73 Å². The maximum atomic E-state index is 13.3. The summed E-state index contributed by atoms with van der Waals surface area (Å²) in [5, 5.41) is 0. The van der Waals surface area contributed by atoms with E-state index >= 15 is 0 Å². The molecule has 0 atom stereocenters. The summed E-state index contributed by atoms with van der Waals surface area (Å²) in [6, 6.07) is 2.67. The Labute approximate surface area is 103 Å². The molecule has 1 aromatic carbocycles. The molecule has 100 valence electrons. The molecule has 2 rings (SSSR count). The molecule has 0 bridgehead atoms. The second-order valence-corrected chi connectivity index (χ2v) is 4.88. The topological polar surface area (TPSA) is 26.0 Å². The molecular formula is C13H15F4N. The lowest BCUT2D eigenvalue weighted by Gasteiger charge is -2.30. The van der Waals surface area contributed by atoms with Gasteiger partial charge in [-0.3, -0.25) is 0 Å². The van der Waals surface area contributed by atoms with Crippen molar-refractivity contribution in [3.05, 3.63) is 35.1 Å². The highest BCUT2D eigenvalue weighted by atomic mass is 19.4. The first kappa shape index (κ1) is 13.3. The van der Waals surface area contributed by atoms with Crippen molar-refractivity contribution >= 4 is 0 Å². The first-order chi connectivity index (χ1) is 8.39. The van der Waals surface area contributed by atoms with E-state index in [-0.39, 0.29) is 12.1 Å². The maximum Gasteiger partial charge on any atom is 0.416 e. The predicted molar refractivity (Wildman–Crippen MR) is 60.6 cm³/mol. The summed E-state index contributed by atoms with van der Waals surface area (Å²) in [6.45, 7) is 0.125. The van der Waals surface area contributed by atoms with Crippen LogP contribution >= 0.6 is 0 Å². The van der Waals surface area contributed by atoms with Gasteiger partial charge >= 0.3 is 6.18 Å². The molecule has 1 saturated carbocycles. The Bertz CT molecular complexity index is 433. The minimum absolute atomic E-state index is 0.0231. The second kappa shape index (κ2) is 4.53. The molecule has 5 heteroatoms. The summed E-state index contributed by atoms with van der Waals surface area (Å²) in [6.07, 6.45) is -1.60. The molecule has 2 N–H and O–H groups in total. The van der Waals surface area contributed by atoms with Crippen LogP contribution in [-0.4, -0.2) is 6.54 Å². The van der Waals surface area contributed by atoms with Crippen LogP contribution in [0.2, 0.25) is 0 Å². The Hall–Kier alpha value is -1.10. The Morgan fingerprint density at radius 3 is 2.28 bits per heavy atom. The van der Waals surface area contributed by atoms with E-state index in [1.807, 2.05) is 0 Å². The third kappa shape index (κ3) is 2.23. The molecule has 0 spiro atoms. The lowest BCUT2D eigenvalue weighted by molar-refractivity contribution is -0.138. The van der Waals surface area contributed by atoms with Gasteiger partial charge in [0.2, 0.25) is 0 Å². The van der Waals surface area contributed by atoms with Crippen molar-refractivity contribution < 1.29 is 17.6 Å². The summed E-state index contributed by atoms with van der Waals surface area (Å²) >= 11 is 0. The molecule has 1 aromatic rings. The van der Waals surface area contributed by atoms with E-state index in [2.05, 4.69) is 0 Å². The summed E-state index contributed by atoms with van der Waals surface area (Å²) in [4.78, 5) is 0. The van der Waals surface area contributed by atoms with E-state index in [0.29, 0.717) is 12.8 Å². The minimum Gasteiger partial charge on any atom is -0.330 e. The molecular weight excluding hydrogens is 246 g/mol. The van der Waals surface area contributed by atoms with E-state index < -0.39 is 23.0 Å². The standard InChI is InChI=1S/C13H15F4N/c14-9-3-4-10(13(15,16)17)11(7-9)12(8-18)5-1-2-6-12/h3-4,7H,1-2,5-6,8,18H2. The second-order valence-electron chi connectivity index (χ2n) is 4.88. The van der Waals surface area contributed by atoms with Crippen molar-refractivity contribution in [2.45, 2.75) is 37.3 Å². The zero-order valence-electron chi connectivity index (χ0n) is 9.86. The first-order valence-corrected chi connectivity index (χ1v) is 5.96. The van der Waals surface area contributed by atoms with Gasteiger partial charge in [-0.1, -0.05) is 12.8 Å². The number of benzene rings is 1. The fourth-order valence-corrected chi connectivity index (χ4v) is 2.84.